The summed E-state index contributed by atoms with van der Waals surface area (Å²) in [5, 5.41) is 0.929. The molecule has 0 atom stereocenters. The van der Waals surface area contributed by atoms with Gasteiger partial charge in [-0.15, -0.1) is 0 Å². The van der Waals surface area contributed by atoms with Gasteiger partial charge in [0.25, 0.3) is 0 Å². The first-order valence-electron chi connectivity index (χ1n) is 4.24. The molecule has 0 saturated heterocycles. The van der Waals surface area contributed by atoms with E-state index in [2.05, 4.69) is 35.9 Å². The van der Waals surface area contributed by atoms with E-state index in [1.807, 2.05) is 6.92 Å². The maximum absolute atomic E-state index is 5.97. The topological polar surface area (TPSA) is 0 Å². The van der Waals surface area contributed by atoms with Crippen LogP contribution in [0.2, 0.25) is 0 Å². The SMILES string of the molecule is CC/C=C(\C)CCC(Cl)=C(C)Br. The number of allylic oxidation sites excluding steroid dienone is 4. The third-order valence-electron chi connectivity index (χ3n) is 1.67. The molecule has 0 nitrogen and oxygen atoms in total. The molecule has 0 N–H and O–H groups in total. The van der Waals surface area contributed by atoms with Crippen LogP contribution in [0.1, 0.15) is 40.0 Å². The van der Waals surface area contributed by atoms with Crippen LogP contribution in [0, 0.1) is 0 Å². The average molecular weight is 252 g/mol. The number of rotatable bonds is 4. The molecule has 0 radical (unpaired) electrons. The highest BCUT2D eigenvalue weighted by Crippen LogP contribution is 2.21. The van der Waals surface area contributed by atoms with Gasteiger partial charge in [-0.05, 0) is 33.1 Å². The average Bonchev–Trinajstić information content (AvgIpc) is 2.00. The molecule has 0 aliphatic heterocycles. The smallest absolute Gasteiger partial charge is 0.0282 e. The second-order valence-corrected chi connectivity index (χ2v) is 4.54. The van der Waals surface area contributed by atoms with Gasteiger partial charge in [-0.1, -0.05) is 46.1 Å². The standard InChI is InChI=1S/C10H16BrCl/c1-4-5-8(2)6-7-10(12)9(3)11/h5H,4,6-7H2,1-3H3/b8-5+,10-9?. The lowest BCUT2D eigenvalue weighted by Crippen LogP contribution is -1.80. The fraction of sp³-hybridized carbons (Fsp3) is 0.600. The molecule has 0 fully saturated rings. The molecule has 0 aliphatic rings. The summed E-state index contributed by atoms with van der Waals surface area (Å²) in [6.07, 6.45) is 5.37. The summed E-state index contributed by atoms with van der Waals surface area (Å²) in [6.45, 7) is 6.27. The van der Waals surface area contributed by atoms with Gasteiger partial charge >= 0.3 is 0 Å². The Labute approximate surface area is 88.8 Å². The van der Waals surface area contributed by atoms with E-state index >= 15 is 0 Å². The molecule has 70 valence electrons. The van der Waals surface area contributed by atoms with Crippen molar-refractivity contribution in [1.82, 2.24) is 0 Å². The van der Waals surface area contributed by atoms with E-state index in [1.54, 1.807) is 0 Å². The molecule has 0 aromatic heterocycles. The first-order chi connectivity index (χ1) is 5.57. The molecule has 0 bridgehead atoms. The monoisotopic (exact) mass is 250 g/mol. The molecule has 0 saturated carbocycles. The fourth-order valence-electron chi connectivity index (χ4n) is 0.930. The third kappa shape index (κ3) is 5.84. The van der Waals surface area contributed by atoms with Crippen molar-refractivity contribution in [3.05, 3.63) is 21.2 Å². The maximum atomic E-state index is 5.97. The van der Waals surface area contributed by atoms with Crippen LogP contribution in [0.15, 0.2) is 21.2 Å². The minimum atomic E-state index is 0.929. The summed E-state index contributed by atoms with van der Waals surface area (Å²) < 4.78 is 1.05. The van der Waals surface area contributed by atoms with Crippen LogP contribution in [0.3, 0.4) is 0 Å². The molecular weight excluding hydrogens is 235 g/mol. The predicted molar refractivity (Wildman–Crippen MR) is 60.8 cm³/mol. The molecule has 0 heterocycles. The zero-order valence-electron chi connectivity index (χ0n) is 7.95. The van der Waals surface area contributed by atoms with Crippen molar-refractivity contribution >= 4 is 27.5 Å². The number of halogens is 2. The van der Waals surface area contributed by atoms with E-state index in [9.17, 15) is 0 Å². The second kappa shape index (κ2) is 6.73. The molecule has 0 aromatic carbocycles. The van der Waals surface area contributed by atoms with Crippen LogP contribution in [0.25, 0.3) is 0 Å². The van der Waals surface area contributed by atoms with Gasteiger partial charge in [-0.2, -0.15) is 0 Å². The first-order valence-corrected chi connectivity index (χ1v) is 5.41. The second-order valence-electron chi connectivity index (χ2n) is 2.90. The Morgan fingerprint density at radius 1 is 1.33 bits per heavy atom. The zero-order valence-corrected chi connectivity index (χ0v) is 10.3. The Morgan fingerprint density at radius 2 is 1.92 bits per heavy atom. The summed E-state index contributed by atoms with van der Waals surface area (Å²) in [7, 11) is 0. The lowest BCUT2D eigenvalue weighted by atomic mass is 10.1. The fourth-order valence-corrected chi connectivity index (χ4v) is 1.22. The van der Waals surface area contributed by atoms with Crippen molar-refractivity contribution in [2.75, 3.05) is 0 Å². The van der Waals surface area contributed by atoms with Crippen LogP contribution in [0.4, 0.5) is 0 Å². The maximum Gasteiger partial charge on any atom is 0.0282 e. The lowest BCUT2D eigenvalue weighted by molar-refractivity contribution is 0.946. The van der Waals surface area contributed by atoms with Gasteiger partial charge in [0, 0.05) is 9.51 Å². The van der Waals surface area contributed by atoms with Crippen molar-refractivity contribution in [2.45, 2.75) is 40.0 Å². The third-order valence-corrected chi connectivity index (χ3v) is 2.84. The molecule has 0 amide bonds. The molecule has 2 heteroatoms. The Hall–Kier alpha value is 0.250. The quantitative estimate of drug-likeness (QED) is 0.618. The van der Waals surface area contributed by atoms with Crippen LogP contribution < -0.4 is 0 Å². The van der Waals surface area contributed by atoms with E-state index in [0.29, 0.717) is 0 Å². The van der Waals surface area contributed by atoms with Crippen LogP contribution in [-0.2, 0) is 0 Å². The van der Waals surface area contributed by atoms with Gasteiger partial charge in [0.2, 0.25) is 0 Å². The van der Waals surface area contributed by atoms with E-state index in [0.717, 1.165) is 28.8 Å². The van der Waals surface area contributed by atoms with Crippen molar-refractivity contribution < 1.29 is 0 Å². The minimum absolute atomic E-state index is 0.929. The molecule has 0 aromatic rings. The highest BCUT2D eigenvalue weighted by atomic mass is 79.9. The number of hydrogen-bond donors (Lipinski definition) is 0. The summed E-state index contributed by atoms with van der Waals surface area (Å²) in [5.74, 6) is 0. The molecule has 0 rings (SSSR count). The Balaban J connectivity index is 3.84. The molecule has 0 unspecified atom stereocenters. The normalized spacial score (nSPS) is 14.6. The van der Waals surface area contributed by atoms with Crippen LogP contribution in [-0.4, -0.2) is 0 Å². The molecule has 12 heavy (non-hydrogen) atoms. The highest BCUT2D eigenvalue weighted by Gasteiger charge is 1.97. The van der Waals surface area contributed by atoms with Crippen LogP contribution in [0.5, 0.6) is 0 Å². The van der Waals surface area contributed by atoms with Crippen molar-refractivity contribution in [3.8, 4) is 0 Å². The van der Waals surface area contributed by atoms with Gasteiger partial charge in [0.05, 0.1) is 0 Å². The van der Waals surface area contributed by atoms with E-state index in [-0.39, 0.29) is 0 Å². The van der Waals surface area contributed by atoms with Crippen molar-refractivity contribution in [3.63, 3.8) is 0 Å². The van der Waals surface area contributed by atoms with E-state index in [1.165, 1.54) is 5.57 Å². The van der Waals surface area contributed by atoms with Gasteiger partial charge in [0.15, 0.2) is 0 Å². The van der Waals surface area contributed by atoms with Crippen molar-refractivity contribution in [1.29, 1.82) is 0 Å². The molecule has 0 aliphatic carbocycles. The summed E-state index contributed by atoms with van der Waals surface area (Å²) >= 11 is 9.32. The lowest BCUT2D eigenvalue weighted by Gasteiger charge is -2.01. The van der Waals surface area contributed by atoms with Gasteiger partial charge < -0.3 is 0 Å². The Morgan fingerprint density at radius 3 is 2.33 bits per heavy atom. The largest absolute Gasteiger partial charge is 0.0883 e. The van der Waals surface area contributed by atoms with Gasteiger partial charge in [-0.3, -0.25) is 0 Å². The Kier molecular flexibility index (Phi) is 6.87. The molecule has 0 spiro atoms. The highest BCUT2D eigenvalue weighted by molar-refractivity contribution is 9.11. The zero-order chi connectivity index (χ0) is 9.56. The van der Waals surface area contributed by atoms with Crippen LogP contribution >= 0.6 is 27.5 Å². The summed E-state index contributed by atoms with van der Waals surface area (Å²) in [4.78, 5) is 0. The predicted octanol–water partition coefficient (Wildman–Crippen LogP) is 4.99. The van der Waals surface area contributed by atoms with Gasteiger partial charge in [-0.25, -0.2) is 0 Å². The van der Waals surface area contributed by atoms with Gasteiger partial charge in [0.1, 0.15) is 0 Å². The number of hydrogen-bond acceptors (Lipinski definition) is 0. The van der Waals surface area contributed by atoms with Crippen molar-refractivity contribution in [2.24, 2.45) is 0 Å². The molecular formula is C10H16BrCl. The van der Waals surface area contributed by atoms with E-state index < -0.39 is 0 Å². The van der Waals surface area contributed by atoms with E-state index in [4.69, 9.17) is 11.6 Å². The summed E-state index contributed by atoms with van der Waals surface area (Å²) in [6, 6.07) is 0. The first kappa shape index (κ1) is 12.2. The summed E-state index contributed by atoms with van der Waals surface area (Å²) in [5.41, 5.74) is 1.42. The Bertz CT molecular complexity index is 188. The minimum Gasteiger partial charge on any atom is -0.0883 e.